The highest BCUT2D eigenvalue weighted by Crippen LogP contribution is 2.34. The van der Waals surface area contributed by atoms with Crippen molar-refractivity contribution in [3.63, 3.8) is 0 Å². The Balaban J connectivity index is 2.55. The Morgan fingerprint density at radius 2 is 2.12 bits per heavy atom. The van der Waals surface area contributed by atoms with E-state index in [2.05, 4.69) is 10.1 Å². The minimum atomic E-state index is -4.64. The van der Waals surface area contributed by atoms with Gasteiger partial charge in [-0.3, -0.25) is 4.68 Å². The topological polar surface area (TPSA) is 92.3 Å². The van der Waals surface area contributed by atoms with E-state index in [-0.39, 0.29) is 35.5 Å². The Bertz CT molecular complexity index is 730. The van der Waals surface area contributed by atoms with Gasteiger partial charge in [0.1, 0.15) is 11.3 Å². The zero-order valence-electron chi connectivity index (χ0n) is 13.1. The first-order chi connectivity index (χ1) is 11.3. The van der Waals surface area contributed by atoms with Crippen molar-refractivity contribution in [3.8, 4) is 5.75 Å². The molecule has 0 radical (unpaired) electrons. The predicted molar refractivity (Wildman–Crippen MR) is 78.6 cm³/mol. The fourth-order valence-corrected chi connectivity index (χ4v) is 2.14. The molecular formula is C14H17F3N4O3. The fourth-order valence-electron chi connectivity index (χ4n) is 2.14. The summed E-state index contributed by atoms with van der Waals surface area (Å²) in [6.07, 6.45) is -4.83. The lowest BCUT2D eigenvalue weighted by molar-refractivity contribution is -0.195. The van der Waals surface area contributed by atoms with Gasteiger partial charge in [0.25, 0.3) is 0 Å². The highest BCUT2D eigenvalue weighted by molar-refractivity contribution is 5.98. The third-order valence-corrected chi connectivity index (χ3v) is 3.26. The van der Waals surface area contributed by atoms with E-state index >= 15 is 0 Å². The molecule has 2 heterocycles. The molecule has 0 saturated carbocycles. The molecule has 2 aromatic rings. The van der Waals surface area contributed by atoms with Crippen LogP contribution in [0.1, 0.15) is 23.7 Å². The van der Waals surface area contributed by atoms with Crippen molar-refractivity contribution in [2.24, 2.45) is 12.8 Å². The smallest absolute Gasteiger partial charge is 0.425 e. The van der Waals surface area contributed by atoms with Gasteiger partial charge in [-0.25, -0.2) is 9.78 Å². The molecule has 0 aliphatic carbocycles. The summed E-state index contributed by atoms with van der Waals surface area (Å²) >= 11 is 0. The normalized spacial score (nSPS) is 13.1. The van der Waals surface area contributed by atoms with Crippen LogP contribution in [0, 0.1) is 0 Å². The highest BCUT2D eigenvalue weighted by atomic mass is 19.4. The first-order valence-corrected chi connectivity index (χ1v) is 7.20. The summed E-state index contributed by atoms with van der Waals surface area (Å²) in [6.45, 7) is 1.43. The van der Waals surface area contributed by atoms with Gasteiger partial charge in [-0.1, -0.05) is 0 Å². The number of halogens is 3. The van der Waals surface area contributed by atoms with Crippen LogP contribution in [0.25, 0.3) is 11.0 Å². The van der Waals surface area contributed by atoms with Crippen LogP contribution in [0.4, 0.5) is 13.2 Å². The minimum absolute atomic E-state index is 0.0643. The molecular weight excluding hydrogens is 329 g/mol. The fraction of sp³-hybridized carbons (Fsp3) is 0.500. The van der Waals surface area contributed by atoms with E-state index in [4.69, 9.17) is 15.2 Å². The van der Waals surface area contributed by atoms with Crippen molar-refractivity contribution in [1.82, 2.24) is 14.8 Å². The Morgan fingerprint density at radius 1 is 1.42 bits per heavy atom. The summed E-state index contributed by atoms with van der Waals surface area (Å²) in [5.41, 5.74) is 5.33. The molecule has 0 fully saturated rings. The number of nitrogens with two attached hydrogens (primary N) is 1. The maximum atomic E-state index is 13.1. The number of carbonyl (C=O) groups is 1. The van der Waals surface area contributed by atoms with Crippen molar-refractivity contribution in [2.45, 2.75) is 25.6 Å². The number of rotatable bonds is 6. The van der Waals surface area contributed by atoms with Crippen LogP contribution < -0.4 is 10.5 Å². The van der Waals surface area contributed by atoms with Crippen LogP contribution in [0.15, 0.2) is 12.4 Å². The zero-order valence-corrected chi connectivity index (χ0v) is 13.1. The molecule has 132 valence electrons. The summed E-state index contributed by atoms with van der Waals surface area (Å²) < 4.78 is 50.8. The van der Waals surface area contributed by atoms with Gasteiger partial charge >= 0.3 is 12.1 Å². The van der Waals surface area contributed by atoms with Crippen LogP contribution in [-0.4, -0.2) is 46.2 Å². The van der Waals surface area contributed by atoms with E-state index in [0.29, 0.717) is 0 Å². The number of hydrogen-bond acceptors (Lipinski definition) is 6. The van der Waals surface area contributed by atoms with Gasteiger partial charge in [0.2, 0.25) is 0 Å². The number of pyridine rings is 1. The zero-order chi connectivity index (χ0) is 17.9. The molecule has 24 heavy (non-hydrogen) atoms. The van der Waals surface area contributed by atoms with Crippen molar-refractivity contribution in [2.75, 3.05) is 13.2 Å². The average Bonchev–Trinajstić information content (AvgIpc) is 2.88. The Morgan fingerprint density at radius 3 is 2.71 bits per heavy atom. The monoisotopic (exact) mass is 346 g/mol. The van der Waals surface area contributed by atoms with E-state index in [0.717, 1.165) is 6.20 Å². The van der Waals surface area contributed by atoms with Gasteiger partial charge in [-0.2, -0.15) is 18.3 Å². The van der Waals surface area contributed by atoms with Crippen LogP contribution >= 0.6 is 0 Å². The number of aryl methyl sites for hydroxylation is 1. The molecule has 2 N–H and O–H groups in total. The number of alkyl halides is 3. The lowest BCUT2D eigenvalue weighted by Crippen LogP contribution is -2.36. The molecule has 0 unspecified atom stereocenters. The maximum absolute atomic E-state index is 13.1. The molecule has 0 bridgehead atoms. The van der Waals surface area contributed by atoms with Crippen molar-refractivity contribution in [1.29, 1.82) is 0 Å². The van der Waals surface area contributed by atoms with Gasteiger partial charge < -0.3 is 15.2 Å². The summed E-state index contributed by atoms with van der Waals surface area (Å²) in [7, 11) is 1.57. The predicted octanol–water partition coefficient (Wildman–Crippen LogP) is 1.80. The second-order valence-electron chi connectivity index (χ2n) is 4.95. The van der Waals surface area contributed by atoms with E-state index in [1.807, 2.05) is 0 Å². The summed E-state index contributed by atoms with van der Waals surface area (Å²) in [6, 6.07) is 0. The third kappa shape index (κ3) is 3.58. The lowest BCUT2D eigenvalue weighted by Gasteiger charge is -2.22. The van der Waals surface area contributed by atoms with Crippen LogP contribution in [0.3, 0.4) is 0 Å². The van der Waals surface area contributed by atoms with Crippen LogP contribution in [0.2, 0.25) is 0 Å². The van der Waals surface area contributed by atoms with Crippen molar-refractivity contribution < 1.29 is 27.4 Å². The molecule has 10 heteroatoms. The molecule has 0 aliphatic heterocycles. The molecule has 0 aromatic carbocycles. The molecule has 7 nitrogen and oxygen atoms in total. The third-order valence-electron chi connectivity index (χ3n) is 3.26. The van der Waals surface area contributed by atoms with E-state index < -0.39 is 24.7 Å². The first kappa shape index (κ1) is 18.0. The molecule has 1 atom stereocenters. The quantitative estimate of drug-likeness (QED) is 0.802. The number of nitrogens with zero attached hydrogens (tertiary/aromatic N) is 3. The largest absolute Gasteiger partial charge is 0.479 e. The number of ether oxygens (including phenoxy) is 2. The minimum Gasteiger partial charge on any atom is -0.479 e. The number of carbonyl (C=O) groups excluding carboxylic acids is 1. The lowest BCUT2D eigenvalue weighted by atomic mass is 10.2. The molecule has 0 spiro atoms. The summed E-state index contributed by atoms with van der Waals surface area (Å²) in [5.74, 6) is -1.08. The van der Waals surface area contributed by atoms with Gasteiger partial charge in [-0.05, 0) is 13.5 Å². The van der Waals surface area contributed by atoms with Crippen molar-refractivity contribution in [3.05, 3.63) is 18.0 Å². The first-order valence-electron chi connectivity index (χ1n) is 7.20. The second-order valence-corrected chi connectivity index (χ2v) is 4.95. The molecule has 0 saturated heterocycles. The number of hydrogen-bond donors (Lipinski definition) is 1. The Kier molecular flexibility index (Phi) is 5.27. The molecule has 2 aromatic heterocycles. The van der Waals surface area contributed by atoms with Gasteiger partial charge in [0.15, 0.2) is 11.8 Å². The SMILES string of the molecule is CCOC(=O)c1cnc2c(cnn2C)c1O[C@H](CCN)C(F)(F)F. The van der Waals surface area contributed by atoms with E-state index in [1.54, 1.807) is 14.0 Å². The van der Waals surface area contributed by atoms with E-state index in [1.165, 1.54) is 10.9 Å². The van der Waals surface area contributed by atoms with Crippen LogP contribution in [-0.2, 0) is 11.8 Å². The molecule has 2 rings (SSSR count). The standard InChI is InChI=1S/C14H17F3N4O3/c1-3-23-13(22)9-6-19-12-8(7-20-21(12)2)11(9)24-10(4-5-18)14(15,16)17/h6-7,10H,3-5,18H2,1-2H3/t10-/m1/s1. The number of esters is 1. The Hall–Kier alpha value is -2.36. The molecule has 0 aliphatic rings. The maximum Gasteiger partial charge on any atom is 0.425 e. The summed E-state index contributed by atoms with van der Waals surface area (Å²) in [4.78, 5) is 16.1. The Labute approximate surface area is 135 Å². The number of fused-ring (bicyclic) bond motifs is 1. The van der Waals surface area contributed by atoms with Gasteiger partial charge in [-0.15, -0.1) is 0 Å². The second kappa shape index (κ2) is 7.04. The highest BCUT2D eigenvalue weighted by Gasteiger charge is 2.42. The van der Waals surface area contributed by atoms with Gasteiger partial charge in [0.05, 0.1) is 18.2 Å². The van der Waals surface area contributed by atoms with E-state index in [9.17, 15) is 18.0 Å². The van der Waals surface area contributed by atoms with Crippen LogP contribution in [0.5, 0.6) is 5.75 Å². The summed E-state index contributed by atoms with van der Waals surface area (Å²) in [5, 5.41) is 4.12. The van der Waals surface area contributed by atoms with Crippen molar-refractivity contribution >= 4 is 17.0 Å². The van der Waals surface area contributed by atoms with Gasteiger partial charge in [0, 0.05) is 19.7 Å². The number of aromatic nitrogens is 3. The average molecular weight is 346 g/mol. The molecule has 0 amide bonds.